The number of carbonyl (C=O) groups excluding carboxylic acids is 1. The van der Waals surface area contributed by atoms with Crippen molar-refractivity contribution >= 4 is 34.2 Å². The van der Waals surface area contributed by atoms with E-state index >= 15 is 0 Å². The van der Waals surface area contributed by atoms with Crippen molar-refractivity contribution < 1.29 is 9.53 Å². The van der Waals surface area contributed by atoms with Gasteiger partial charge in [0.15, 0.2) is 0 Å². The number of hydrogen-bond acceptors (Lipinski definition) is 4. The Morgan fingerprint density at radius 1 is 1.07 bits per heavy atom. The summed E-state index contributed by atoms with van der Waals surface area (Å²) in [4.78, 5) is 14.3. The summed E-state index contributed by atoms with van der Waals surface area (Å²) >= 11 is 6.39. The third kappa shape index (κ3) is 4.28. The molecule has 30 heavy (non-hydrogen) atoms. The second kappa shape index (κ2) is 8.55. The van der Waals surface area contributed by atoms with E-state index in [1.54, 1.807) is 35.1 Å². The van der Waals surface area contributed by atoms with E-state index in [9.17, 15) is 4.79 Å². The Kier molecular flexibility index (Phi) is 5.68. The van der Waals surface area contributed by atoms with Crippen LogP contribution in [0.15, 0.2) is 66.7 Å². The second-order valence-corrected chi connectivity index (χ2v) is 7.37. The number of ether oxygens (including phenoxy) is 1. The van der Waals surface area contributed by atoms with Crippen LogP contribution in [0.1, 0.15) is 30.6 Å². The van der Waals surface area contributed by atoms with Gasteiger partial charge in [0.25, 0.3) is 5.91 Å². The van der Waals surface area contributed by atoms with Crippen molar-refractivity contribution in [2.75, 3.05) is 5.32 Å². The van der Waals surface area contributed by atoms with Gasteiger partial charge in [0, 0.05) is 5.56 Å². The molecule has 0 aliphatic heterocycles. The first kappa shape index (κ1) is 19.9. The number of rotatable bonds is 6. The molecular weight excluding hydrogens is 400 g/mol. The lowest BCUT2D eigenvalue weighted by Crippen LogP contribution is -2.14. The molecule has 0 fully saturated rings. The van der Waals surface area contributed by atoms with Crippen LogP contribution < -0.4 is 10.1 Å². The van der Waals surface area contributed by atoms with E-state index < -0.39 is 0 Å². The maximum absolute atomic E-state index is 12.8. The number of amides is 1. The van der Waals surface area contributed by atoms with Gasteiger partial charge in [-0.3, -0.25) is 4.79 Å². The Hall–Kier alpha value is -3.38. The fourth-order valence-corrected chi connectivity index (χ4v) is 3.14. The van der Waals surface area contributed by atoms with Gasteiger partial charge in [0.05, 0.1) is 22.5 Å². The lowest BCUT2D eigenvalue weighted by molar-refractivity contribution is 0.102. The first-order valence-corrected chi connectivity index (χ1v) is 10.1. The van der Waals surface area contributed by atoms with Gasteiger partial charge in [-0.05, 0) is 55.8 Å². The van der Waals surface area contributed by atoms with Crippen LogP contribution in [0.25, 0.3) is 16.7 Å². The predicted molar refractivity (Wildman–Crippen MR) is 119 cm³/mol. The number of aromatic nitrogens is 3. The molecule has 1 N–H and O–H groups in total. The minimum Gasteiger partial charge on any atom is -0.491 e. The number of hydrogen-bond donors (Lipinski definition) is 1. The summed E-state index contributed by atoms with van der Waals surface area (Å²) in [6.45, 7) is 4.04. The SMILES string of the molecule is CCC(C)Oc1cccc(C(=O)Nc2cc3nn(-c4ccccc4)nc3cc2Cl)c1. The third-order valence-corrected chi connectivity index (χ3v) is 5.03. The van der Waals surface area contributed by atoms with Crippen molar-refractivity contribution in [1.82, 2.24) is 15.0 Å². The van der Waals surface area contributed by atoms with Crippen LogP contribution in [-0.4, -0.2) is 27.0 Å². The van der Waals surface area contributed by atoms with E-state index in [-0.39, 0.29) is 12.0 Å². The number of benzene rings is 3. The molecular formula is C23H21ClN4O2. The first-order chi connectivity index (χ1) is 14.5. The number of fused-ring (bicyclic) bond motifs is 1. The summed E-state index contributed by atoms with van der Waals surface area (Å²) in [6.07, 6.45) is 0.961. The van der Waals surface area contributed by atoms with Gasteiger partial charge in [-0.15, -0.1) is 10.2 Å². The van der Waals surface area contributed by atoms with Crippen molar-refractivity contribution in [3.8, 4) is 11.4 Å². The molecule has 0 spiro atoms. The van der Waals surface area contributed by atoms with Gasteiger partial charge in [0.1, 0.15) is 16.8 Å². The first-order valence-electron chi connectivity index (χ1n) is 9.73. The average Bonchev–Trinajstić information content (AvgIpc) is 3.17. The van der Waals surface area contributed by atoms with Crippen LogP contribution in [0.2, 0.25) is 5.02 Å². The molecule has 1 amide bonds. The zero-order chi connectivity index (χ0) is 21.1. The van der Waals surface area contributed by atoms with E-state index in [0.717, 1.165) is 12.1 Å². The smallest absolute Gasteiger partial charge is 0.255 e. The molecule has 152 valence electrons. The maximum Gasteiger partial charge on any atom is 0.255 e. The molecule has 1 unspecified atom stereocenters. The zero-order valence-corrected chi connectivity index (χ0v) is 17.4. The van der Waals surface area contributed by atoms with Gasteiger partial charge < -0.3 is 10.1 Å². The number of anilines is 1. The molecule has 1 atom stereocenters. The van der Waals surface area contributed by atoms with Crippen molar-refractivity contribution in [3.63, 3.8) is 0 Å². The number of halogens is 1. The Morgan fingerprint density at radius 2 is 1.80 bits per heavy atom. The molecule has 0 aliphatic rings. The van der Waals surface area contributed by atoms with E-state index in [4.69, 9.17) is 16.3 Å². The molecule has 1 heterocycles. The molecule has 0 radical (unpaired) electrons. The Morgan fingerprint density at radius 3 is 2.53 bits per heavy atom. The normalized spacial score (nSPS) is 12.0. The molecule has 7 heteroatoms. The van der Waals surface area contributed by atoms with Crippen LogP contribution in [0.4, 0.5) is 5.69 Å². The molecule has 1 aromatic heterocycles. The van der Waals surface area contributed by atoms with Gasteiger partial charge in [-0.2, -0.15) is 4.80 Å². The second-order valence-electron chi connectivity index (χ2n) is 6.96. The number of carbonyl (C=O) groups is 1. The highest BCUT2D eigenvalue weighted by Crippen LogP contribution is 2.28. The lowest BCUT2D eigenvalue weighted by atomic mass is 10.2. The van der Waals surface area contributed by atoms with E-state index in [2.05, 4.69) is 15.5 Å². The minimum absolute atomic E-state index is 0.0763. The molecule has 4 rings (SSSR count). The summed E-state index contributed by atoms with van der Waals surface area (Å²) < 4.78 is 5.80. The molecule has 3 aromatic carbocycles. The molecule has 6 nitrogen and oxygen atoms in total. The third-order valence-electron chi connectivity index (χ3n) is 4.71. The van der Waals surface area contributed by atoms with E-state index in [1.165, 1.54) is 0 Å². The monoisotopic (exact) mass is 420 g/mol. The zero-order valence-electron chi connectivity index (χ0n) is 16.7. The van der Waals surface area contributed by atoms with Crippen molar-refractivity contribution in [2.45, 2.75) is 26.4 Å². The standard InChI is InChI=1S/C23H21ClN4O2/c1-3-15(2)30-18-11-7-8-16(12-18)23(29)25-20-14-22-21(13-19(20)24)26-28(27-22)17-9-5-4-6-10-17/h4-15H,3H2,1-2H3,(H,25,29). The van der Waals surface area contributed by atoms with Gasteiger partial charge >= 0.3 is 0 Å². The number of nitrogens with zero attached hydrogens (tertiary/aromatic N) is 3. The van der Waals surface area contributed by atoms with Gasteiger partial charge in [-0.25, -0.2) is 0 Å². The Bertz CT molecular complexity index is 1190. The average molecular weight is 421 g/mol. The van der Waals surface area contributed by atoms with Crippen molar-refractivity contribution in [2.24, 2.45) is 0 Å². The van der Waals surface area contributed by atoms with Gasteiger partial charge in [0.2, 0.25) is 0 Å². The molecule has 4 aromatic rings. The summed E-state index contributed by atoms with van der Waals surface area (Å²) in [7, 11) is 0. The van der Waals surface area contributed by atoms with E-state index in [0.29, 0.717) is 33.1 Å². The molecule has 0 saturated heterocycles. The molecule has 0 bridgehead atoms. The largest absolute Gasteiger partial charge is 0.491 e. The molecule has 0 saturated carbocycles. The Labute approximate surface area is 179 Å². The van der Waals surface area contributed by atoms with E-state index in [1.807, 2.05) is 50.2 Å². The van der Waals surface area contributed by atoms with Crippen molar-refractivity contribution in [1.29, 1.82) is 0 Å². The predicted octanol–water partition coefficient (Wildman–Crippen LogP) is 5.50. The summed E-state index contributed by atoms with van der Waals surface area (Å²) in [6, 6.07) is 20.1. The topological polar surface area (TPSA) is 69.0 Å². The highest BCUT2D eigenvalue weighted by molar-refractivity contribution is 6.34. The fourth-order valence-electron chi connectivity index (χ4n) is 2.93. The quantitative estimate of drug-likeness (QED) is 0.447. The summed E-state index contributed by atoms with van der Waals surface area (Å²) in [5.74, 6) is 0.380. The number of para-hydroxylation sites is 1. The van der Waals surface area contributed by atoms with Gasteiger partial charge in [-0.1, -0.05) is 42.8 Å². The summed E-state index contributed by atoms with van der Waals surface area (Å²) in [5, 5.41) is 12.2. The highest BCUT2D eigenvalue weighted by atomic mass is 35.5. The number of nitrogens with one attached hydrogen (secondary N) is 1. The Balaban J connectivity index is 1.58. The van der Waals surface area contributed by atoms with Crippen LogP contribution >= 0.6 is 11.6 Å². The van der Waals surface area contributed by atoms with Crippen LogP contribution in [0.5, 0.6) is 5.75 Å². The van der Waals surface area contributed by atoms with Crippen molar-refractivity contribution in [3.05, 3.63) is 77.3 Å². The lowest BCUT2D eigenvalue weighted by Gasteiger charge is -2.13. The minimum atomic E-state index is -0.277. The summed E-state index contributed by atoms with van der Waals surface area (Å²) in [5.41, 5.74) is 3.08. The maximum atomic E-state index is 12.8. The van der Waals surface area contributed by atoms with Crippen LogP contribution in [-0.2, 0) is 0 Å². The van der Waals surface area contributed by atoms with Crippen LogP contribution in [0, 0.1) is 0 Å². The van der Waals surface area contributed by atoms with Crippen LogP contribution in [0.3, 0.4) is 0 Å². The molecule has 0 aliphatic carbocycles. The fraction of sp³-hybridized carbons (Fsp3) is 0.174. The highest BCUT2D eigenvalue weighted by Gasteiger charge is 2.14.